The molecule has 19 heavy (non-hydrogen) atoms. The van der Waals surface area contributed by atoms with Crippen molar-refractivity contribution in [3.05, 3.63) is 70.0 Å². The maximum Gasteiger partial charge on any atom is 0.125 e. The maximum absolute atomic E-state index is 13.2. The number of rotatable bonds is 4. The molecule has 1 N–H and O–H groups in total. The van der Waals surface area contributed by atoms with E-state index in [-0.39, 0.29) is 11.9 Å². The van der Waals surface area contributed by atoms with E-state index in [4.69, 9.17) is 11.6 Å². The largest absolute Gasteiger partial charge is 0.306 e. The topological polar surface area (TPSA) is 12.0 Å². The second-order valence-corrected chi connectivity index (χ2v) is 5.17. The van der Waals surface area contributed by atoms with Crippen molar-refractivity contribution in [1.29, 1.82) is 0 Å². The number of nitrogens with one attached hydrogen (secondary N) is 1. The van der Waals surface area contributed by atoms with Crippen molar-refractivity contribution >= 4 is 11.6 Å². The number of hydrogen-bond donors (Lipinski definition) is 1. The zero-order chi connectivity index (χ0) is 13.8. The number of aryl methyl sites for hydroxylation is 1. The standard InChI is InChI=1S/C16H17ClFN/c1-11-5-3-4-6-16(11)12(2)19-10-13-7-14(17)9-15(18)8-13/h3-9,12,19H,10H2,1-2H3/t12-/m0/s1. The minimum atomic E-state index is -0.298. The van der Waals surface area contributed by atoms with Crippen LogP contribution in [-0.4, -0.2) is 0 Å². The Balaban J connectivity index is 2.04. The van der Waals surface area contributed by atoms with Gasteiger partial charge in [0.1, 0.15) is 5.82 Å². The Labute approximate surface area is 118 Å². The van der Waals surface area contributed by atoms with Crippen molar-refractivity contribution in [1.82, 2.24) is 5.32 Å². The molecule has 0 fully saturated rings. The quantitative estimate of drug-likeness (QED) is 0.858. The van der Waals surface area contributed by atoms with Gasteiger partial charge in [0.15, 0.2) is 0 Å². The predicted molar refractivity (Wildman–Crippen MR) is 77.8 cm³/mol. The molecule has 100 valence electrons. The first-order valence-electron chi connectivity index (χ1n) is 6.30. The van der Waals surface area contributed by atoms with Crippen LogP contribution in [0, 0.1) is 12.7 Å². The molecule has 0 bridgehead atoms. The molecule has 1 nitrogen and oxygen atoms in total. The Kier molecular flexibility index (Phi) is 4.56. The first kappa shape index (κ1) is 14.0. The molecule has 0 aromatic heterocycles. The van der Waals surface area contributed by atoms with Gasteiger partial charge < -0.3 is 5.32 Å². The summed E-state index contributed by atoms with van der Waals surface area (Å²) in [6.45, 7) is 4.78. The molecule has 0 spiro atoms. The second-order valence-electron chi connectivity index (χ2n) is 4.74. The third-order valence-corrected chi connectivity index (χ3v) is 3.41. The van der Waals surface area contributed by atoms with Crippen LogP contribution < -0.4 is 5.32 Å². The van der Waals surface area contributed by atoms with Gasteiger partial charge >= 0.3 is 0 Å². The highest BCUT2D eigenvalue weighted by Crippen LogP contribution is 2.18. The van der Waals surface area contributed by atoms with Gasteiger partial charge in [-0.2, -0.15) is 0 Å². The summed E-state index contributed by atoms with van der Waals surface area (Å²) in [4.78, 5) is 0. The predicted octanol–water partition coefficient (Wildman–Crippen LogP) is 4.64. The normalized spacial score (nSPS) is 12.4. The van der Waals surface area contributed by atoms with E-state index in [1.807, 2.05) is 12.1 Å². The molecule has 0 aliphatic carbocycles. The van der Waals surface area contributed by atoms with Crippen LogP contribution in [0.3, 0.4) is 0 Å². The summed E-state index contributed by atoms with van der Waals surface area (Å²) in [5.74, 6) is -0.298. The molecule has 2 aromatic rings. The fraction of sp³-hybridized carbons (Fsp3) is 0.250. The molecule has 3 heteroatoms. The number of halogens is 2. The van der Waals surface area contributed by atoms with Crippen molar-refractivity contribution in [3.63, 3.8) is 0 Å². The van der Waals surface area contributed by atoms with Crippen LogP contribution in [0.25, 0.3) is 0 Å². The van der Waals surface area contributed by atoms with Crippen LogP contribution in [0.15, 0.2) is 42.5 Å². The van der Waals surface area contributed by atoms with E-state index in [0.717, 1.165) is 5.56 Å². The van der Waals surface area contributed by atoms with E-state index in [2.05, 4.69) is 31.3 Å². The monoisotopic (exact) mass is 277 g/mol. The fourth-order valence-corrected chi connectivity index (χ4v) is 2.41. The van der Waals surface area contributed by atoms with E-state index in [9.17, 15) is 4.39 Å². The smallest absolute Gasteiger partial charge is 0.125 e. The van der Waals surface area contributed by atoms with E-state index in [1.165, 1.54) is 23.3 Å². The van der Waals surface area contributed by atoms with Gasteiger partial charge in [-0.15, -0.1) is 0 Å². The van der Waals surface area contributed by atoms with Crippen molar-refractivity contribution in [2.45, 2.75) is 26.4 Å². The van der Waals surface area contributed by atoms with Gasteiger partial charge in [-0.25, -0.2) is 4.39 Å². The van der Waals surface area contributed by atoms with Gasteiger partial charge in [0.05, 0.1) is 0 Å². The van der Waals surface area contributed by atoms with Crippen molar-refractivity contribution in [2.24, 2.45) is 0 Å². The fourth-order valence-electron chi connectivity index (χ4n) is 2.17. The maximum atomic E-state index is 13.2. The van der Waals surface area contributed by atoms with Crippen LogP contribution in [0.4, 0.5) is 4.39 Å². The molecule has 0 aliphatic heterocycles. The highest BCUT2D eigenvalue weighted by Gasteiger charge is 2.07. The van der Waals surface area contributed by atoms with Crippen LogP contribution in [0.2, 0.25) is 5.02 Å². The summed E-state index contributed by atoms with van der Waals surface area (Å²) >= 11 is 5.84. The van der Waals surface area contributed by atoms with E-state index in [0.29, 0.717) is 11.6 Å². The summed E-state index contributed by atoms with van der Waals surface area (Å²) < 4.78 is 13.2. The first-order valence-corrected chi connectivity index (χ1v) is 6.68. The third kappa shape index (κ3) is 3.79. The van der Waals surface area contributed by atoms with Crippen LogP contribution in [0.1, 0.15) is 29.7 Å². The third-order valence-electron chi connectivity index (χ3n) is 3.19. The van der Waals surface area contributed by atoms with Gasteiger partial charge in [-0.1, -0.05) is 35.9 Å². The average molecular weight is 278 g/mol. The molecule has 0 saturated heterocycles. The molecular weight excluding hydrogens is 261 g/mol. The Morgan fingerprint density at radius 1 is 1.21 bits per heavy atom. The molecule has 0 saturated carbocycles. The average Bonchev–Trinajstić information content (AvgIpc) is 2.35. The Bertz CT molecular complexity index is 548. The van der Waals surface area contributed by atoms with Crippen molar-refractivity contribution < 1.29 is 4.39 Å². The molecule has 2 aromatic carbocycles. The van der Waals surface area contributed by atoms with Gasteiger partial charge in [-0.3, -0.25) is 0 Å². The highest BCUT2D eigenvalue weighted by atomic mass is 35.5. The minimum absolute atomic E-state index is 0.211. The van der Waals surface area contributed by atoms with Crippen molar-refractivity contribution in [2.75, 3.05) is 0 Å². The van der Waals surface area contributed by atoms with Gasteiger partial charge in [0, 0.05) is 17.6 Å². The van der Waals surface area contributed by atoms with Gasteiger partial charge in [-0.05, 0) is 48.7 Å². The lowest BCUT2D eigenvalue weighted by Gasteiger charge is -2.16. The molecule has 0 unspecified atom stereocenters. The number of hydrogen-bond acceptors (Lipinski definition) is 1. The van der Waals surface area contributed by atoms with Gasteiger partial charge in [0.2, 0.25) is 0 Å². The summed E-state index contributed by atoms with van der Waals surface area (Å²) in [6.07, 6.45) is 0. The second kappa shape index (κ2) is 6.18. The summed E-state index contributed by atoms with van der Waals surface area (Å²) in [6, 6.07) is 13.1. The molecule has 1 atom stereocenters. The lowest BCUT2D eigenvalue weighted by Crippen LogP contribution is -2.19. The van der Waals surface area contributed by atoms with E-state index >= 15 is 0 Å². The lowest BCUT2D eigenvalue weighted by molar-refractivity contribution is 0.567. The lowest BCUT2D eigenvalue weighted by atomic mass is 10.0. The summed E-state index contributed by atoms with van der Waals surface area (Å²) in [5.41, 5.74) is 3.36. The van der Waals surface area contributed by atoms with E-state index in [1.54, 1.807) is 6.07 Å². The van der Waals surface area contributed by atoms with E-state index < -0.39 is 0 Å². The van der Waals surface area contributed by atoms with Crippen LogP contribution in [0.5, 0.6) is 0 Å². The molecule has 0 radical (unpaired) electrons. The molecule has 2 rings (SSSR count). The highest BCUT2D eigenvalue weighted by molar-refractivity contribution is 6.30. The Morgan fingerprint density at radius 3 is 2.63 bits per heavy atom. The number of benzene rings is 2. The molecule has 0 amide bonds. The van der Waals surface area contributed by atoms with Crippen LogP contribution >= 0.6 is 11.6 Å². The zero-order valence-corrected chi connectivity index (χ0v) is 11.8. The molecule has 0 heterocycles. The molecule has 0 aliphatic rings. The summed E-state index contributed by atoms with van der Waals surface area (Å²) in [7, 11) is 0. The molecular formula is C16H17ClFN. The van der Waals surface area contributed by atoms with Crippen molar-refractivity contribution in [3.8, 4) is 0 Å². The zero-order valence-electron chi connectivity index (χ0n) is 11.1. The first-order chi connectivity index (χ1) is 9.06. The Morgan fingerprint density at radius 2 is 1.95 bits per heavy atom. The summed E-state index contributed by atoms with van der Waals surface area (Å²) in [5, 5.41) is 3.82. The SMILES string of the molecule is Cc1ccccc1[C@H](C)NCc1cc(F)cc(Cl)c1. The minimum Gasteiger partial charge on any atom is -0.306 e. The van der Waals surface area contributed by atoms with Crippen LogP contribution in [-0.2, 0) is 6.54 Å². The Hall–Kier alpha value is -1.38. The van der Waals surface area contributed by atoms with Gasteiger partial charge in [0.25, 0.3) is 0 Å².